The third kappa shape index (κ3) is 2.81. The number of rotatable bonds is 2. The molecule has 29 heavy (non-hydrogen) atoms. The van der Waals surface area contributed by atoms with Crippen LogP contribution >= 0.6 is 0 Å². The number of ether oxygens (including phenoxy) is 4. The van der Waals surface area contributed by atoms with E-state index < -0.39 is 11.9 Å². The molecule has 7 unspecified atom stereocenters. The minimum atomic E-state index is -0.679. The Bertz CT molecular complexity index is 703. The van der Waals surface area contributed by atoms with Crippen molar-refractivity contribution in [3.05, 3.63) is 0 Å². The molecule has 0 amide bonds. The molecule has 4 fully saturated rings. The Kier molecular flexibility index (Phi) is 4.86. The van der Waals surface area contributed by atoms with Crippen LogP contribution in [0, 0.1) is 22.7 Å². The van der Waals surface area contributed by atoms with Gasteiger partial charge in [0.05, 0.1) is 12.0 Å². The van der Waals surface area contributed by atoms with Crippen molar-refractivity contribution in [1.82, 2.24) is 0 Å². The highest BCUT2D eigenvalue weighted by Gasteiger charge is 2.71. The molecule has 2 spiro atoms. The molecular formula is C23H36O6. The number of hydrogen-bond donors (Lipinski definition) is 0. The van der Waals surface area contributed by atoms with Gasteiger partial charge in [0.25, 0.3) is 0 Å². The Balaban J connectivity index is 1.70. The lowest BCUT2D eigenvalue weighted by Gasteiger charge is -2.65. The zero-order valence-corrected chi connectivity index (χ0v) is 18.7. The van der Waals surface area contributed by atoms with E-state index in [-0.39, 0.29) is 40.9 Å². The van der Waals surface area contributed by atoms with Crippen LogP contribution in [0.15, 0.2) is 0 Å². The molecule has 2 saturated carbocycles. The van der Waals surface area contributed by atoms with Gasteiger partial charge in [-0.3, -0.25) is 9.59 Å². The smallest absolute Gasteiger partial charge is 0.311 e. The standard InChI is InChI=1S/C23H36O6/c1-14-7-8-16-20(3,4)17(27-15(2)24)9-10-21(16,5)23(14)12-11-22(29-23)13-18(25)28-19(22)26-6/h14,16-17,19H,7-13H2,1-6H3. The van der Waals surface area contributed by atoms with Crippen LogP contribution < -0.4 is 0 Å². The Morgan fingerprint density at radius 1 is 1.10 bits per heavy atom. The minimum Gasteiger partial charge on any atom is -0.462 e. The molecule has 0 aromatic rings. The quantitative estimate of drug-likeness (QED) is 0.643. The van der Waals surface area contributed by atoms with Gasteiger partial charge >= 0.3 is 11.9 Å². The largest absolute Gasteiger partial charge is 0.462 e. The van der Waals surface area contributed by atoms with Crippen molar-refractivity contribution in [3.8, 4) is 0 Å². The van der Waals surface area contributed by atoms with Gasteiger partial charge in [0.1, 0.15) is 11.7 Å². The summed E-state index contributed by atoms with van der Waals surface area (Å²) in [6.07, 6.45) is 5.21. The highest BCUT2D eigenvalue weighted by atomic mass is 16.7. The molecule has 0 N–H and O–H groups in total. The summed E-state index contributed by atoms with van der Waals surface area (Å²) < 4.78 is 23.8. The first-order chi connectivity index (χ1) is 13.5. The van der Waals surface area contributed by atoms with Gasteiger partial charge < -0.3 is 18.9 Å². The van der Waals surface area contributed by atoms with Gasteiger partial charge in [-0.2, -0.15) is 0 Å². The van der Waals surface area contributed by atoms with Crippen molar-refractivity contribution < 1.29 is 28.5 Å². The molecule has 6 heteroatoms. The van der Waals surface area contributed by atoms with Crippen molar-refractivity contribution in [3.63, 3.8) is 0 Å². The van der Waals surface area contributed by atoms with Crippen molar-refractivity contribution in [2.24, 2.45) is 22.7 Å². The zero-order valence-electron chi connectivity index (χ0n) is 18.7. The summed E-state index contributed by atoms with van der Waals surface area (Å²) in [4.78, 5) is 23.8. The second-order valence-electron chi connectivity index (χ2n) is 10.7. The number of hydrogen-bond acceptors (Lipinski definition) is 6. The monoisotopic (exact) mass is 408 g/mol. The van der Waals surface area contributed by atoms with Crippen LogP contribution in [0.3, 0.4) is 0 Å². The first kappa shape index (κ1) is 21.1. The maximum Gasteiger partial charge on any atom is 0.311 e. The van der Waals surface area contributed by atoms with E-state index in [2.05, 4.69) is 27.7 Å². The highest BCUT2D eigenvalue weighted by Crippen LogP contribution is 2.68. The second-order valence-corrected chi connectivity index (χ2v) is 10.7. The fourth-order valence-electron chi connectivity index (χ4n) is 7.60. The van der Waals surface area contributed by atoms with E-state index >= 15 is 0 Å². The number of esters is 2. The van der Waals surface area contributed by atoms with Crippen LogP contribution in [0.25, 0.3) is 0 Å². The Morgan fingerprint density at radius 2 is 1.83 bits per heavy atom. The molecule has 2 aliphatic heterocycles. The van der Waals surface area contributed by atoms with Crippen LogP contribution in [0.4, 0.5) is 0 Å². The van der Waals surface area contributed by atoms with Gasteiger partial charge in [-0.1, -0.05) is 27.7 Å². The van der Waals surface area contributed by atoms with E-state index in [1.54, 1.807) is 7.11 Å². The third-order valence-electron chi connectivity index (χ3n) is 9.01. The molecule has 4 rings (SSSR count). The fourth-order valence-corrected chi connectivity index (χ4v) is 7.60. The van der Waals surface area contributed by atoms with E-state index in [0.29, 0.717) is 11.8 Å². The molecule has 0 bridgehead atoms. The van der Waals surface area contributed by atoms with Crippen molar-refractivity contribution in [1.29, 1.82) is 0 Å². The number of carbonyl (C=O) groups is 2. The molecule has 7 atom stereocenters. The SMILES string of the molecule is COC1OC(=O)CC12CCC1(O2)C(C)CCC2C(C)(C)C(OC(C)=O)CCC21C. The summed E-state index contributed by atoms with van der Waals surface area (Å²) >= 11 is 0. The van der Waals surface area contributed by atoms with Crippen LogP contribution in [-0.4, -0.2) is 42.6 Å². The minimum absolute atomic E-state index is 0.0573. The highest BCUT2D eigenvalue weighted by molar-refractivity contribution is 5.73. The predicted octanol–water partition coefficient (Wildman–Crippen LogP) is 4.00. The summed E-state index contributed by atoms with van der Waals surface area (Å²) in [5.41, 5.74) is -1.19. The summed E-state index contributed by atoms with van der Waals surface area (Å²) in [6, 6.07) is 0. The Labute approximate surface area is 174 Å². The summed E-state index contributed by atoms with van der Waals surface area (Å²) in [7, 11) is 1.58. The first-order valence-electron chi connectivity index (χ1n) is 11.1. The van der Waals surface area contributed by atoms with Crippen molar-refractivity contribution in [2.75, 3.05) is 7.11 Å². The summed E-state index contributed by atoms with van der Waals surface area (Å²) in [5, 5.41) is 0. The average Bonchev–Trinajstić information content (AvgIpc) is 3.17. The van der Waals surface area contributed by atoms with Crippen LogP contribution in [0.1, 0.15) is 79.6 Å². The topological polar surface area (TPSA) is 71.1 Å². The maximum absolute atomic E-state index is 12.1. The molecule has 0 aromatic carbocycles. The molecule has 6 nitrogen and oxygen atoms in total. The van der Waals surface area contributed by atoms with Gasteiger partial charge in [0.15, 0.2) is 0 Å². The lowest BCUT2D eigenvalue weighted by Crippen LogP contribution is -2.65. The number of fused-ring (bicyclic) bond motifs is 2. The maximum atomic E-state index is 12.1. The molecule has 2 heterocycles. The number of cyclic esters (lactones) is 1. The molecule has 2 aliphatic carbocycles. The van der Waals surface area contributed by atoms with Gasteiger partial charge in [-0.15, -0.1) is 0 Å². The van der Waals surface area contributed by atoms with Crippen molar-refractivity contribution in [2.45, 2.75) is 103 Å². The Hall–Kier alpha value is -1.14. The number of carbonyl (C=O) groups excluding carboxylic acids is 2. The zero-order chi connectivity index (χ0) is 21.2. The lowest BCUT2D eigenvalue weighted by molar-refractivity contribution is -0.285. The van der Waals surface area contributed by atoms with Crippen LogP contribution in [0.2, 0.25) is 0 Å². The molecule has 2 saturated heterocycles. The van der Waals surface area contributed by atoms with Gasteiger partial charge in [-0.05, 0) is 50.4 Å². The fraction of sp³-hybridized carbons (Fsp3) is 0.913. The molecular weight excluding hydrogens is 372 g/mol. The van der Waals surface area contributed by atoms with E-state index in [9.17, 15) is 9.59 Å². The average molecular weight is 409 g/mol. The Morgan fingerprint density at radius 3 is 2.48 bits per heavy atom. The lowest BCUT2D eigenvalue weighted by atomic mass is 9.44. The van der Waals surface area contributed by atoms with E-state index in [1.165, 1.54) is 6.92 Å². The van der Waals surface area contributed by atoms with Gasteiger partial charge in [-0.25, -0.2) is 0 Å². The second kappa shape index (κ2) is 6.68. The third-order valence-corrected chi connectivity index (χ3v) is 9.01. The molecule has 0 radical (unpaired) electrons. The van der Waals surface area contributed by atoms with Crippen LogP contribution in [-0.2, 0) is 28.5 Å². The molecule has 164 valence electrons. The van der Waals surface area contributed by atoms with Crippen LogP contribution in [0.5, 0.6) is 0 Å². The summed E-state index contributed by atoms with van der Waals surface area (Å²) in [5.74, 6) is 0.319. The van der Waals surface area contributed by atoms with Crippen molar-refractivity contribution >= 4 is 11.9 Å². The normalized spacial score (nSPS) is 48.6. The van der Waals surface area contributed by atoms with Gasteiger partial charge in [0, 0.05) is 24.9 Å². The van der Waals surface area contributed by atoms with Gasteiger partial charge in [0.2, 0.25) is 6.29 Å². The van der Waals surface area contributed by atoms with E-state index in [1.807, 2.05) is 0 Å². The van der Waals surface area contributed by atoms with E-state index in [4.69, 9.17) is 18.9 Å². The van der Waals surface area contributed by atoms with E-state index in [0.717, 1.165) is 38.5 Å². The number of methoxy groups -OCH3 is 1. The summed E-state index contributed by atoms with van der Waals surface area (Å²) in [6.45, 7) is 10.7. The first-order valence-corrected chi connectivity index (χ1v) is 11.1. The molecule has 0 aromatic heterocycles. The molecule has 4 aliphatic rings. The predicted molar refractivity (Wildman–Crippen MR) is 106 cm³/mol.